The minimum absolute atomic E-state index is 0.113. The van der Waals surface area contributed by atoms with Gasteiger partial charge in [0.25, 0.3) is 0 Å². The maximum Gasteiger partial charge on any atom is 0.404 e. The molecule has 11 heteroatoms. The third-order valence-corrected chi connectivity index (χ3v) is 7.60. The van der Waals surface area contributed by atoms with Crippen LogP contribution in [0.25, 0.3) is 10.9 Å². The summed E-state index contributed by atoms with van der Waals surface area (Å²) in [7, 11) is 3.09. The van der Waals surface area contributed by atoms with Crippen LogP contribution >= 0.6 is 0 Å². The molecule has 11 nitrogen and oxygen atoms in total. The number of ketones is 2. The van der Waals surface area contributed by atoms with E-state index in [0.29, 0.717) is 29.2 Å². The number of amides is 1. The number of fused-ring (bicyclic) bond motifs is 5. The molecule has 2 fully saturated rings. The fourth-order valence-electron chi connectivity index (χ4n) is 5.95. The Labute approximate surface area is 206 Å². The van der Waals surface area contributed by atoms with Crippen LogP contribution in [0.3, 0.4) is 0 Å². The monoisotopic (exact) mass is 491 g/mol. The zero-order valence-corrected chi connectivity index (χ0v) is 20.0. The molecule has 1 unspecified atom stereocenters. The van der Waals surface area contributed by atoms with Crippen LogP contribution in [-0.4, -0.2) is 72.7 Å². The van der Waals surface area contributed by atoms with Gasteiger partial charge in [0, 0.05) is 48.5 Å². The van der Waals surface area contributed by atoms with Gasteiger partial charge in [-0.2, -0.15) is 0 Å². The fourth-order valence-corrected chi connectivity index (χ4v) is 5.95. The molecule has 0 spiro atoms. The topological polar surface area (TPSA) is 155 Å². The molecule has 0 radical (unpaired) electrons. The summed E-state index contributed by atoms with van der Waals surface area (Å²) in [5, 5.41) is 7.32. The number of nitrogens with one attached hydrogen (secondary N) is 2. The van der Waals surface area contributed by atoms with Crippen molar-refractivity contribution in [1.82, 2.24) is 15.2 Å². The van der Waals surface area contributed by atoms with Crippen LogP contribution in [0.5, 0.6) is 5.75 Å². The zero-order valence-electron chi connectivity index (χ0n) is 20.0. The van der Waals surface area contributed by atoms with E-state index in [0.717, 1.165) is 5.39 Å². The predicted molar refractivity (Wildman–Crippen MR) is 128 cm³/mol. The van der Waals surface area contributed by atoms with E-state index in [1.807, 2.05) is 17.0 Å². The van der Waals surface area contributed by atoms with Crippen molar-refractivity contribution in [2.24, 2.45) is 11.7 Å². The first-order valence-electron chi connectivity index (χ1n) is 11.6. The first kappa shape index (κ1) is 22.5. The van der Waals surface area contributed by atoms with Crippen molar-refractivity contribution in [2.75, 3.05) is 32.7 Å². The fraction of sp³-hybridized carbons (Fsp3) is 0.360. The van der Waals surface area contributed by atoms with Crippen LogP contribution < -0.4 is 21.1 Å². The Kier molecular flexibility index (Phi) is 4.86. The molecule has 6 rings (SSSR count). The van der Waals surface area contributed by atoms with Gasteiger partial charge in [-0.05, 0) is 19.1 Å². The Morgan fingerprint density at radius 1 is 1.31 bits per heavy atom. The number of pyridine rings is 1. The molecule has 1 aromatic heterocycles. The number of Topliss-reactive ketones (excluding diaryl/α,β-unsaturated/α-hetero) is 2. The average Bonchev–Trinajstić information content (AvgIpc) is 3.49. The van der Waals surface area contributed by atoms with Crippen LogP contribution in [0.15, 0.2) is 53.0 Å². The van der Waals surface area contributed by atoms with E-state index in [2.05, 4.69) is 15.6 Å². The van der Waals surface area contributed by atoms with E-state index in [1.54, 1.807) is 32.4 Å². The highest BCUT2D eigenvalue weighted by Gasteiger charge is 2.72. The molecule has 4 heterocycles. The molecule has 2 aromatic rings. The number of ether oxygens (including phenoxy) is 3. The quantitative estimate of drug-likeness (QED) is 0.394. The number of carbonyl (C=O) groups is 3. The van der Waals surface area contributed by atoms with Crippen LogP contribution in [0, 0.1) is 5.92 Å². The second-order valence-electron chi connectivity index (χ2n) is 9.30. The largest absolute Gasteiger partial charge is 0.497 e. The minimum atomic E-state index is -1.03. The Hall–Kier alpha value is -3.96. The first-order valence-corrected chi connectivity index (χ1v) is 11.6. The number of aromatic nitrogens is 1. The van der Waals surface area contributed by atoms with Crippen LogP contribution in [0.2, 0.25) is 0 Å². The molecule has 4 atom stereocenters. The maximum atomic E-state index is 14.1. The van der Waals surface area contributed by atoms with Crippen molar-refractivity contribution in [3.05, 3.63) is 53.0 Å². The lowest BCUT2D eigenvalue weighted by Gasteiger charge is -2.39. The molecule has 1 aromatic carbocycles. The highest BCUT2D eigenvalue weighted by molar-refractivity contribution is 6.27. The van der Waals surface area contributed by atoms with Gasteiger partial charge in [-0.1, -0.05) is 6.07 Å². The summed E-state index contributed by atoms with van der Waals surface area (Å²) in [6.07, 6.45) is 0.688. The number of anilines is 1. The lowest BCUT2D eigenvalue weighted by atomic mass is 9.82. The molecule has 1 amide bonds. The van der Waals surface area contributed by atoms with Crippen molar-refractivity contribution in [3.63, 3.8) is 0 Å². The van der Waals surface area contributed by atoms with Gasteiger partial charge < -0.3 is 35.5 Å². The lowest BCUT2D eigenvalue weighted by Crippen LogP contribution is -2.55. The minimum Gasteiger partial charge on any atom is -0.497 e. The number of allylic oxidation sites excluding steroid dienone is 2. The number of piperazine rings is 1. The summed E-state index contributed by atoms with van der Waals surface area (Å²) in [5.74, 6) is -0.785. The van der Waals surface area contributed by atoms with Gasteiger partial charge in [0.1, 0.15) is 12.4 Å². The van der Waals surface area contributed by atoms with Crippen LogP contribution in [-0.2, 0) is 19.1 Å². The number of nitrogens with two attached hydrogens (primary N) is 1. The zero-order chi connectivity index (χ0) is 25.4. The first-order chi connectivity index (χ1) is 17.3. The number of nitrogens with zero attached hydrogens (tertiary/aromatic N) is 2. The molecule has 4 N–H and O–H groups in total. The van der Waals surface area contributed by atoms with Gasteiger partial charge in [-0.25, -0.2) is 4.79 Å². The second-order valence-corrected chi connectivity index (χ2v) is 9.30. The van der Waals surface area contributed by atoms with Gasteiger partial charge in [-0.15, -0.1) is 0 Å². The maximum absolute atomic E-state index is 14.1. The molecule has 186 valence electrons. The Morgan fingerprint density at radius 2 is 2.11 bits per heavy atom. The number of rotatable bonds is 6. The van der Waals surface area contributed by atoms with Crippen LogP contribution in [0.4, 0.5) is 10.5 Å². The van der Waals surface area contributed by atoms with Gasteiger partial charge in [0.2, 0.25) is 11.6 Å². The Bertz CT molecular complexity index is 1420. The summed E-state index contributed by atoms with van der Waals surface area (Å²) in [5.41, 5.74) is 6.34. The third kappa shape index (κ3) is 2.93. The number of carbonyl (C=O) groups excluding carboxylic acids is 3. The van der Waals surface area contributed by atoms with E-state index < -0.39 is 17.7 Å². The molecular formula is C25H25N5O6. The van der Waals surface area contributed by atoms with Crippen molar-refractivity contribution < 1.29 is 28.6 Å². The number of hydrogen-bond acceptors (Lipinski definition) is 10. The van der Waals surface area contributed by atoms with Crippen molar-refractivity contribution in [2.45, 2.75) is 24.7 Å². The summed E-state index contributed by atoms with van der Waals surface area (Å²) >= 11 is 0. The summed E-state index contributed by atoms with van der Waals surface area (Å²) in [4.78, 5) is 45.6. The average molecular weight is 492 g/mol. The predicted octanol–water partition coefficient (Wildman–Crippen LogP) is 1.06. The second kappa shape index (κ2) is 7.77. The number of methoxy groups -OCH3 is 2. The molecule has 3 aliphatic heterocycles. The van der Waals surface area contributed by atoms with Crippen molar-refractivity contribution >= 4 is 34.3 Å². The van der Waals surface area contributed by atoms with Gasteiger partial charge in [0.15, 0.2) is 5.72 Å². The molecule has 2 saturated heterocycles. The normalized spacial score (nSPS) is 28.3. The Balaban J connectivity index is 1.44. The van der Waals surface area contributed by atoms with Crippen molar-refractivity contribution in [1.29, 1.82) is 0 Å². The summed E-state index contributed by atoms with van der Waals surface area (Å²) in [6.45, 7) is 1.93. The molecule has 0 bridgehead atoms. The number of hydrogen-bond donors (Lipinski definition) is 3. The van der Waals surface area contributed by atoms with Gasteiger partial charge in [-0.3, -0.25) is 14.6 Å². The van der Waals surface area contributed by atoms with E-state index >= 15 is 0 Å². The Morgan fingerprint density at radius 3 is 2.83 bits per heavy atom. The van der Waals surface area contributed by atoms with E-state index in [1.165, 1.54) is 7.11 Å². The highest BCUT2D eigenvalue weighted by Crippen LogP contribution is 2.55. The summed E-state index contributed by atoms with van der Waals surface area (Å²) < 4.78 is 16.6. The van der Waals surface area contributed by atoms with Crippen LogP contribution in [0.1, 0.15) is 6.92 Å². The SMILES string of the molecule is COc1cc(NC2=C(C)C(=O)C3=C(C2=O)[C@H](COC(N)=O)C2(OC)[C@@H]4N[C@@H]4CN32)c2ncccc2c1. The number of primary amides is 1. The van der Waals surface area contributed by atoms with Gasteiger partial charge in [0.05, 0.1) is 41.7 Å². The van der Waals surface area contributed by atoms with E-state index in [9.17, 15) is 14.4 Å². The third-order valence-electron chi connectivity index (χ3n) is 7.60. The molecule has 0 saturated carbocycles. The molecular weight excluding hydrogens is 466 g/mol. The highest BCUT2D eigenvalue weighted by atomic mass is 16.6. The van der Waals surface area contributed by atoms with Gasteiger partial charge >= 0.3 is 6.09 Å². The number of benzene rings is 1. The molecule has 4 aliphatic rings. The smallest absolute Gasteiger partial charge is 0.404 e. The lowest BCUT2D eigenvalue weighted by molar-refractivity contribution is -0.137. The van der Waals surface area contributed by atoms with Crippen molar-refractivity contribution in [3.8, 4) is 5.75 Å². The van der Waals surface area contributed by atoms with E-state index in [-0.39, 0.29) is 47.1 Å². The molecule has 1 aliphatic carbocycles. The summed E-state index contributed by atoms with van der Waals surface area (Å²) in [6, 6.07) is 7.27. The van der Waals surface area contributed by atoms with E-state index in [4.69, 9.17) is 19.9 Å². The molecule has 36 heavy (non-hydrogen) atoms. The standard InChI is InChI=1S/C25H25N5O6/c1-11-18(28-15-8-13(34-2)7-12-5-4-6-27-19(12)15)22(32)17-14(10-36-24(26)33)25(35-3)23-16(29-23)9-30(25)20(17)21(11)31/h4-8,14,16,23,28-29H,9-10H2,1-3H3,(H2,26,33)/t14-,16+,23+,25?/m0/s1.